The molecule has 0 aromatic rings. The van der Waals surface area contributed by atoms with Gasteiger partial charge in [-0.25, -0.2) is 0 Å². The highest BCUT2D eigenvalue weighted by molar-refractivity contribution is 4.75. The molecule has 1 aliphatic rings. The van der Waals surface area contributed by atoms with Gasteiger partial charge < -0.3 is 10.6 Å². The molecule has 1 aliphatic heterocycles. The first kappa shape index (κ1) is 14.0. The summed E-state index contributed by atoms with van der Waals surface area (Å²) in [4.78, 5) is 2.69. The highest BCUT2D eigenvalue weighted by Crippen LogP contribution is 2.22. The van der Waals surface area contributed by atoms with E-state index >= 15 is 0 Å². The third-order valence-corrected chi connectivity index (χ3v) is 3.97. The Hall–Kier alpha value is -0.0800. The molecule has 2 atom stereocenters. The van der Waals surface area contributed by atoms with Crippen LogP contribution < -0.4 is 5.73 Å². The second-order valence-corrected chi connectivity index (χ2v) is 5.41. The van der Waals surface area contributed by atoms with Gasteiger partial charge in [-0.2, -0.15) is 0 Å². The lowest BCUT2D eigenvalue weighted by atomic mass is 9.92. The Balaban J connectivity index is 2.29. The minimum atomic E-state index is 0.824. The van der Waals surface area contributed by atoms with Crippen molar-refractivity contribution in [3.63, 3.8) is 0 Å². The molecule has 96 valence electrons. The quantitative estimate of drug-likeness (QED) is 0.723. The molecule has 1 heterocycles. The lowest BCUT2D eigenvalue weighted by Crippen LogP contribution is -2.38. The van der Waals surface area contributed by atoms with E-state index in [-0.39, 0.29) is 0 Å². The van der Waals surface area contributed by atoms with Gasteiger partial charge in [0, 0.05) is 13.1 Å². The minimum Gasteiger partial charge on any atom is -0.330 e. The van der Waals surface area contributed by atoms with E-state index in [1.807, 2.05) is 0 Å². The molecule has 0 amide bonds. The third-order valence-electron chi connectivity index (χ3n) is 3.97. The Kier molecular flexibility index (Phi) is 7.06. The predicted molar refractivity (Wildman–Crippen MR) is 71.5 cm³/mol. The van der Waals surface area contributed by atoms with Crippen LogP contribution in [0.15, 0.2) is 0 Å². The smallest absolute Gasteiger partial charge is 0.00101 e. The first-order valence-corrected chi connectivity index (χ1v) is 7.22. The molecule has 16 heavy (non-hydrogen) atoms. The summed E-state index contributed by atoms with van der Waals surface area (Å²) >= 11 is 0. The molecule has 0 aliphatic carbocycles. The molecule has 2 nitrogen and oxygen atoms in total. The van der Waals surface area contributed by atoms with Crippen molar-refractivity contribution >= 4 is 0 Å². The van der Waals surface area contributed by atoms with Crippen LogP contribution in [-0.4, -0.2) is 31.1 Å². The molecule has 2 N–H and O–H groups in total. The van der Waals surface area contributed by atoms with E-state index < -0.39 is 0 Å². The Labute approximate surface area is 102 Å². The average molecular weight is 226 g/mol. The van der Waals surface area contributed by atoms with Gasteiger partial charge in [-0.05, 0) is 50.6 Å². The Morgan fingerprint density at radius 3 is 2.81 bits per heavy atom. The molecule has 0 spiro atoms. The van der Waals surface area contributed by atoms with Gasteiger partial charge in [-0.3, -0.25) is 0 Å². The Morgan fingerprint density at radius 2 is 2.19 bits per heavy atom. The van der Waals surface area contributed by atoms with E-state index in [4.69, 9.17) is 5.73 Å². The minimum absolute atomic E-state index is 0.824. The van der Waals surface area contributed by atoms with Crippen molar-refractivity contribution in [2.24, 2.45) is 17.6 Å². The molecule has 2 heteroatoms. The normalized spacial score (nSPS) is 24.6. The van der Waals surface area contributed by atoms with Crippen molar-refractivity contribution in [3.05, 3.63) is 0 Å². The number of rotatable bonds is 7. The number of piperidine rings is 1. The Bertz CT molecular complexity index is 168. The molecule has 0 aromatic heterocycles. The summed E-state index contributed by atoms with van der Waals surface area (Å²) in [7, 11) is 0. The van der Waals surface area contributed by atoms with E-state index in [2.05, 4.69) is 18.7 Å². The fraction of sp³-hybridized carbons (Fsp3) is 1.00. The van der Waals surface area contributed by atoms with E-state index in [1.54, 1.807) is 0 Å². The number of hydrogen-bond acceptors (Lipinski definition) is 2. The van der Waals surface area contributed by atoms with E-state index in [0.717, 1.165) is 18.4 Å². The van der Waals surface area contributed by atoms with Gasteiger partial charge in [-0.15, -0.1) is 0 Å². The van der Waals surface area contributed by atoms with Gasteiger partial charge >= 0.3 is 0 Å². The summed E-state index contributed by atoms with van der Waals surface area (Å²) in [5, 5.41) is 0. The van der Waals surface area contributed by atoms with Crippen LogP contribution in [-0.2, 0) is 0 Å². The van der Waals surface area contributed by atoms with Crippen molar-refractivity contribution in [3.8, 4) is 0 Å². The number of hydrogen-bond donors (Lipinski definition) is 1. The molecule has 1 rings (SSSR count). The molecule has 1 saturated heterocycles. The van der Waals surface area contributed by atoms with Crippen LogP contribution in [0.4, 0.5) is 0 Å². The van der Waals surface area contributed by atoms with Crippen molar-refractivity contribution in [1.29, 1.82) is 0 Å². The monoisotopic (exact) mass is 226 g/mol. The standard InChI is InChI=1S/C14H30N2/c1-3-6-14-7-5-10-16(12-14)11-13(4-2)8-9-15/h13-14H,3-12,15H2,1-2H3. The third kappa shape index (κ3) is 4.84. The number of nitrogens with two attached hydrogens (primary N) is 1. The second-order valence-electron chi connectivity index (χ2n) is 5.41. The molecule has 1 fully saturated rings. The van der Waals surface area contributed by atoms with Crippen LogP contribution >= 0.6 is 0 Å². The maximum Gasteiger partial charge on any atom is 0.00101 e. The first-order chi connectivity index (χ1) is 7.80. The van der Waals surface area contributed by atoms with Crippen LogP contribution in [0.1, 0.15) is 52.4 Å². The van der Waals surface area contributed by atoms with Gasteiger partial charge in [0.15, 0.2) is 0 Å². The van der Waals surface area contributed by atoms with E-state index in [0.29, 0.717) is 0 Å². The zero-order valence-corrected chi connectivity index (χ0v) is 11.3. The van der Waals surface area contributed by atoms with Crippen LogP contribution in [0.2, 0.25) is 0 Å². The predicted octanol–water partition coefficient (Wildman–Crippen LogP) is 2.87. The maximum absolute atomic E-state index is 5.67. The SMILES string of the molecule is CCCC1CCCN(CC(CC)CCN)C1. The second kappa shape index (κ2) is 8.08. The molecular formula is C14H30N2. The summed E-state index contributed by atoms with van der Waals surface area (Å²) in [6, 6.07) is 0. The van der Waals surface area contributed by atoms with Gasteiger partial charge in [-0.1, -0.05) is 26.7 Å². The van der Waals surface area contributed by atoms with Crippen LogP contribution in [0.5, 0.6) is 0 Å². The summed E-state index contributed by atoms with van der Waals surface area (Å²) in [6.45, 7) is 9.41. The fourth-order valence-corrected chi connectivity index (χ4v) is 2.99. The van der Waals surface area contributed by atoms with Crippen molar-refractivity contribution < 1.29 is 0 Å². The van der Waals surface area contributed by atoms with Crippen LogP contribution in [0.25, 0.3) is 0 Å². The van der Waals surface area contributed by atoms with Gasteiger partial charge in [0.25, 0.3) is 0 Å². The highest BCUT2D eigenvalue weighted by atomic mass is 15.1. The topological polar surface area (TPSA) is 29.3 Å². The zero-order valence-electron chi connectivity index (χ0n) is 11.3. The molecule has 0 aromatic carbocycles. The summed E-state index contributed by atoms with van der Waals surface area (Å²) in [6.07, 6.45) is 8.11. The van der Waals surface area contributed by atoms with Gasteiger partial charge in [0.2, 0.25) is 0 Å². The largest absolute Gasteiger partial charge is 0.330 e. The lowest BCUT2D eigenvalue weighted by molar-refractivity contribution is 0.142. The van der Waals surface area contributed by atoms with E-state index in [1.165, 1.54) is 58.2 Å². The molecule has 2 unspecified atom stereocenters. The molecule has 0 saturated carbocycles. The van der Waals surface area contributed by atoms with Gasteiger partial charge in [0.05, 0.1) is 0 Å². The van der Waals surface area contributed by atoms with Crippen LogP contribution in [0, 0.1) is 11.8 Å². The first-order valence-electron chi connectivity index (χ1n) is 7.22. The van der Waals surface area contributed by atoms with Crippen molar-refractivity contribution in [1.82, 2.24) is 4.90 Å². The van der Waals surface area contributed by atoms with Crippen molar-refractivity contribution in [2.75, 3.05) is 26.2 Å². The summed E-state index contributed by atoms with van der Waals surface area (Å²) in [5.41, 5.74) is 5.67. The zero-order chi connectivity index (χ0) is 11.8. The lowest BCUT2D eigenvalue weighted by Gasteiger charge is -2.34. The average Bonchev–Trinajstić information content (AvgIpc) is 2.29. The fourth-order valence-electron chi connectivity index (χ4n) is 2.99. The Morgan fingerprint density at radius 1 is 1.38 bits per heavy atom. The van der Waals surface area contributed by atoms with Gasteiger partial charge in [0.1, 0.15) is 0 Å². The summed E-state index contributed by atoms with van der Waals surface area (Å²) < 4.78 is 0. The highest BCUT2D eigenvalue weighted by Gasteiger charge is 2.20. The van der Waals surface area contributed by atoms with Crippen molar-refractivity contribution in [2.45, 2.75) is 52.4 Å². The molecule has 0 bridgehead atoms. The number of likely N-dealkylation sites (tertiary alicyclic amines) is 1. The molecule has 0 radical (unpaired) electrons. The molecular weight excluding hydrogens is 196 g/mol. The van der Waals surface area contributed by atoms with E-state index in [9.17, 15) is 0 Å². The van der Waals surface area contributed by atoms with Crippen LogP contribution in [0.3, 0.4) is 0 Å². The number of nitrogens with zero attached hydrogens (tertiary/aromatic N) is 1. The summed E-state index contributed by atoms with van der Waals surface area (Å²) in [5.74, 6) is 1.79. The maximum atomic E-state index is 5.67.